The fourth-order valence-electron chi connectivity index (χ4n) is 0.666. The second-order valence-corrected chi connectivity index (χ2v) is 5.11. The van der Waals surface area contributed by atoms with Gasteiger partial charge in [-0.25, -0.2) is 18.4 Å². The lowest BCUT2D eigenvalue weighted by Gasteiger charge is -2.01. The Labute approximate surface area is 85.8 Å². The van der Waals surface area contributed by atoms with E-state index in [0.717, 1.165) is 6.26 Å². The largest absolute Gasteiger partial charge is 0.248 e. The molecule has 0 amide bonds. The van der Waals surface area contributed by atoms with E-state index in [0.29, 0.717) is 5.69 Å². The molecule has 0 atom stereocenters. The van der Waals surface area contributed by atoms with Gasteiger partial charge in [-0.3, -0.25) is 0 Å². The molecular formula is C6H6Cl2N2O2S. The van der Waals surface area contributed by atoms with E-state index in [1.54, 1.807) is 6.92 Å². The average Bonchev–Trinajstić information content (AvgIpc) is 1.97. The summed E-state index contributed by atoms with van der Waals surface area (Å²) in [5.74, 6) is 0. The molecule has 1 aromatic heterocycles. The molecule has 0 radical (unpaired) electrons. The molecule has 1 aromatic rings. The van der Waals surface area contributed by atoms with Gasteiger partial charge in [-0.15, -0.1) is 0 Å². The summed E-state index contributed by atoms with van der Waals surface area (Å²) in [4.78, 5) is 7.23. The first kappa shape index (κ1) is 10.7. The van der Waals surface area contributed by atoms with Crippen molar-refractivity contribution in [1.29, 1.82) is 0 Å². The Morgan fingerprint density at radius 1 is 1.23 bits per heavy atom. The number of halogens is 2. The van der Waals surface area contributed by atoms with Crippen LogP contribution in [-0.2, 0) is 9.84 Å². The summed E-state index contributed by atoms with van der Waals surface area (Å²) in [6, 6.07) is 0. The molecule has 1 heterocycles. The van der Waals surface area contributed by atoms with Gasteiger partial charge in [-0.2, -0.15) is 0 Å². The minimum atomic E-state index is -3.43. The summed E-state index contributed by atoms with van der Waals surface area (Å²) in [5, 5.41) is -0.178. The first-order valence-corrected chi connectivity index (χ1v) is 5.87. The van der Waals surface area contributed by atoms with Gasteiger partial charge in [-0.05, 0) is 6.92 Å². The second kappa shape index (κ2) is 3.40. The van der Waals surface area contributed by atoms with E-state index < -0.39 is 9.84 Å². The number of hydrogen-bond acceptors (Lipinski definition) is 4. The third kappa shape index (κ3) is 2.30. The first-order chi connectivity index (χ1) is 5.82. The molecule has 0 aliphatic carbocycles. The summed E-state index contributed by atoms with van der Waals surface area (Å²) in [6.45, 7) is 1.56. The SMILES string of the molecule is Cc1nc(S(C)(=O)=O)nc(Cl)c1Cl. The van der Waals surface area contributed by atoms with E-state index in [2.05, 4.69) is 9.97 Å². The minimum Gasteiger partial charge on any atom is -0.222 e. The number of hydrogen-bond donors (Lipinski definition) is 0. The average molecular weight is 241 g/mol. The maximum absolute atomic E-state index is 11.0. The predicted molar refractivity (Wildman–Crippen MR) is 49.9 cm³/mol. The molecule has 0 bridgehead atoms. The standard InChI is InChI=1S/C6H6Cl2N2O2S/c1-3-4(7)5(8)10-6(9-3)13(2,11)12/h1-2H3. The quantitative estimate of drug-likeness (QED) is 0.552. The Balaban J connectivity index is 3.47. The van der Waals surface area contributed by atoms with Gasteiger partial charge >= 0.3 is 0 Å². The van der Waals surface area contributed by atoms with Crippen LogP contribution in [0.2, 0.25) is 10.2 Å². The van der Waals surface area contributed by atoms with Gasteiger partial charge in [-0.1, -0.05) is 23.2 Å². The lowest BCUT2D eigenvalue weighted by atomic mass is 10.5. The van der Waals surface area contributed by atoms with Crippen molar-refractivity contribution in [2.75, 3.05) is 6.26 Å². The monoisotopic (exact) mass is 240 g/mol. The highest BCUT2D eigenvalue weighted by atomic mass is 35.5. The molecule has 4 nitrogen and oxygen atoms in total. The molecule has 0 unspecified atom stereocenters. The molecule has 0 aromatic carbocycles. The van der Waals surface area contributed by atoms with Crippen LogP contribution >= 0.6 is 23.2 Å². The topological polar surface area (TPSA) is 59.9 Å². The molecule has 13 heavy (non-hydrogen) atoms. The summed E-state index contributed by atoms with van der Waals surface area (Å²) in [5.41, 5.74) is 0.349. The van der Waals surface area contributed by atoms with E-state index >= 15 is 0 Å². The molecule has 7 heteroatoms. The van der Waals surface area contributed by atoms with Crippen LogP contribution in [-0.4, -0.2) is 24.6 Å². The second-order valence-electron chi connectivity index (χ2n) is 2.47. The highest BCUT2D eigenvalue weighted by Crippen LogP contribution is 2.22. The number of sulfone groups is 1. The van der Waals surface area contributed by atoms with Crippen LogP contribution in [0.15, 0.2) is 5.16 Å². The highest BCUT2D eigenvalue weighted by molar-refractivity contribution is 7.90. The van der Waals surface area contributed by atoms with E-state index in [4.69, 9.17) is 23.2 Å². The summed E-state index contributed by atoms with van der Waals surface area (Å²) >= 11 is 11.2. The van der Waals surface area contributed by atoms with E-state index in [9.17, 15) is 8.42 Å². The van der Waals surface area contributed by atoms with Gasteiger partial charge in [0.2, 0.25) is 15.0 Å². The molecule has 72 valence electrons. The lowest BCUT2D eigenvalue weighted by molar-refractivity contribution is 0.592. The predicted octanol–water partition coefficient (Wildman–Crippen LogP) is 1.50. The van der Waals surface area contributed by atoms with Crippen molar-refractivity contribution in [2.24, 2.45) is 0 Å². The zero-order valence-corrected chi connectivity index (χ0v) is 9.20. The fourth-order valence-corrected chi connectivity index (χ4v) is 1.58. The summed E-state index contributed by atoms with van der Waals surface area (Å²) < 4.78 is 22.0. The van der Waals surface area contributed by atoms with Crippen molar-refractivity contribution >= 4 is 33.0 Å². The molecule has 0 N–H and O–H groups in total. The van der Waals surface area contributed by atoms with Crippen LogP contribution in [0, 0.1) is 6.92 Å². The Kier molecular flexibility index (Phi) is 2.79. The van der Waals surface area contributed by atoms with E-state index in [1.807, 2.05) is 0 Å². The van der Waals surface area contributed by atoms with Crippen molar-refractivity contribution in [3.05, 3.63) is 15.9 Å². The molecule has 1 rings (SSSR count). The smallest absolute Gasteiger partial charge is 0.222 e. The van der Waals surface area contributed by atoms with Crippen molar-refractivity contribution in [3.63, 3.8) is 0 Å². The number of aryl methyl sites for hydroxylation is 1. The molecule has 0 saturated heterocycles. The van der Waals surface area contributed by atoms with Gasteiger partial charge in [0.05, 0.1) is 10.7 Å². The van der Waals surface area contributed by atoms with Gasteiger partial charge in [0.25, 0.3) is 0 Å². The van der Waals surface area contributed by atoms with Gasteiger partial charge in [0.1, 0.15) is 0 Å². The van der Waals surface area contributed by atoms with Crippen LogP contribution in [0.25, 0.3) is 0 Å². The molecule has 0 aliphatic heterocycles. The Morgan fingerprint density at radius 3 is 2.15 bits per heavy atom. The zero-order chi connectivity index (χ0) is 10.2. The molecule has 0 saturated carbocycles. The number of rotatable bonds is 1. The Hall–Kier alpha value is -0.390. The van der Waals surface area contributed by atoms with E-state index in [1.165, 1.54) is 0 Å². The molecule has 0 spiro atoms. The van der Waals surface area contributed by atoms with Crippen molar-refractivity contribution in [2.45, 2.75) is 12.1 Å². The van der Waals surface area contributed by atoms with Crippen LogP contribution in [0.1, 0.15) is 5.69 Å². The molecule has 0 fully saturated rings. The fraction of sp³-hybridized carbons (Fsp3) is 0.333. The number of nitrogens with zero attached hydrogens (tertiary/aromatic N) is 2. The number of aromatic nitrogens is 2. The molecular weight excluding hydrogens is 235 g/mol. The van der Waals surface area contributed by atoms with Gasteiger partial charge in [0.15, 0.2) is 5.15 Å². The maximum Gasteiger partial charge on any atom is 0.248 e. The van der Waals surface area contributed by atoms with Crippen LogP contribution < -0.4 is 0 Å². The summed E-state index contributed by atoms with van der Waals surface area (Å²) in [6.07, 6.45) is 1.01. The Bertz CT molecular complexity index is 421. The third-order valence-electron chi connectivity index (χ3n) is 1.29. The summed E-state index contributed by atoms with van der Waals surface area (Å²) in [7, 11) is -3.43. The zero-order valence-electron chi connectivity index (χ0n) is 6.88. The van der Waals surface area contributed by atoms with Crippen molar-refractivity contribution in [1.82, 2.24) is 9.97 Å². The Morgan fingerprint density at radius 2 is 1.77 bits per heavy atom. The van der Waals surface area contributed by atoms with Gasteiger partial charge < -0.3 is 0 Å². The van der Waals surface area contributed by atoms with Crippen molar-refractivity contribution in [3.8, 4) is 0 Å². The lowest BCUT2D eigenvalue weighted by Crippen LogP contribution is -2.05. The maximum atomic E-state index is 11.0. The molecule has 0 aliphatic rings. The van der Waals surface area contributed by atoms with Crippen LogP contribution in [0.3, 0.4) is 0 Å². The van der Waals surface area contributed by atoms with Gasteiger partial charge in [0, 0.05) is 6.26 Å². The van der Waals surface area contributed by atoms with E-state index in [-0.39, 0.29) is 15.3 Å². The minimum absolute atomic E-state index is 0.0467. The highest BCUT2D eigenvalue weighted by Gasteiger charge is 2.15. The normalized spacial score (nSPS) is 11.7. The van der Waals surface area contributed by atoms with Crippen molar-refractivity contribution < 1.29 is 8.42 Å². The third-order valence-corrected chi connectivity index (χ3v) is 2.96. The van der Waals surface area contributed by atoms with Crippen LogP contribution in [0.5, 0.6) is 0 Å². The first-order valence-electron chi connectivity index (χ1n) is 3.22. The van der Waals surface area contributed by atoms with Crippen LogP contribution in [0.4, 0.5) is 0 Å².